The maximum Gasteiger partial charge on any atom is 0.142 e. The summed E-state index contributed by atoms with van der Waals surface area (Å²) in [5.74, 6) is -0.387. The lowest BCUT2D eigenvalue weighted by molar-refractivity contribution is 0.337. The number of nitrogens with zero attached hydrogens (tertiary/aromatic N) is 1. The van der Waals surface area contributed by atoms with Crippen LogP contribution in [0.1, 0.15) is 12.0 Å². The van der Waals surface area contributed by atoms with Gasteiger partial charge in [0, 0.05) is 19.5 Å². The molecular formula is C11H14ClFN2S. The van der Waals surface area contributed by atoms with Gasteiger partial charge in [-0.2, -0.15) is 0 Å². The van der Waals surface area contributed by atoms with Gasteiger partial charge in [0.2, 0.25) is 0 Å². The first-order valence-electron chi connectivity index (χ1n) is 4.90. The van der Waals surface area contributed by atoms with Crippen molar-refractivity contribution in [3.05, 3.63) is 34.6 Å². The standard InChI is InChI=1S/C11H14ClFN2S/c1-15(6-5-10(14)16)7-8-3-2-4-9(13)11(8)12/h2-4H,5-7H2,1H3,(H2,14,16). The molecule has 0 bridgehead atoms. The van der Waals surface area contributed by atoms with E-state index in [1.165, 1.54) is 6.07 Å². The highest BCUT2D eigenvalue weighted by Gasteiger charge is 2.08. The fourth-order valence-corrected chi connectivity index (χ4v) is 1.62. The summed E-state index contributed by atoms with van der Waals surface area (Å²) in [6.45, 7) is 1.32. The molecule has 1 aromatic rings. The summed E-state index contributed by atoms with van der Waals surface area (Å²) in [6.07, 6.45) is 0.652. The van der Waals surface area contributed by atoms with Gasteiger partial charge in [-0.1, -0.05) is 36.0 Å². The Kier molecular flexibility index (Phi) is 5.12. The van der Waals surface area contributed by atoms with Gasteiger partial charge in [0.15, 0.2) is 0 Å². The van der Waals surface area contributed by atoms with E-state index in [1.807, 2.05) is 18.0 Å². The van der Waals surface area contributed by atoms with Crippen molar-refractivity contribution < 1.29 is 4.39 Å². The van der Waals surface area contributed by atoms with Crippen LogP contribution >= 0.6 is 23.8 Å². The predicted octanol–water partition coefficient (Wildman–Crippen LogP) is 2.59. The molecule has 0 aliphatic carbocycles. The molecule has 2 N–H and O–H groups in total. The molecule has 0 amide bonds. The summed E-state index contributed by atoms with van der Waals surface area (Å²) in [5, 5.41) is 0.185. The summed E-state index contributed by atoms with van der Waals surface area (Å²) >= 11 is 10.6. The first-order valence-corrected chi connectivity index (χ1v) is 5.69. The molecule has 0 radical (unpaired) electrons. The molecule has 1 rings (SSSR count). The van der Waals surface area contributed by atoms with Gasteiger partial charge in [-0.15, -0.1) is 0 Å². The Balaban J connectivity index is 2.59. The maximum absolute atomic E-state index is 13.2. The van der Waals surface area contributed by atoms with Gasteiger partial charge in [0.1, 0.15) is 5.82 Å². The second-order valence-electron chi connectivity index (χ2n) is 3.67. The van der Waals surface area contributed by atoms with Crippen LogP contribution in [-0.2, 0) is 6.54 Å². The molecule has 16 heavy (non-hydrogen) atoms. The number of halogens is 2. The second-order valence-corrected chi connectivity index (χ2v) is 4.57. The quantitative estimate of drug-likeness (QED) is 0.826. The Morgan fingerprint density at radius 1 is 1.56 bits per heavy atom. The van der Waals surface area contributed by atoms with Crippen LogP contribution in [0.4, 0.5) is 4.39 Å². The number of hydrogen-bond donors (Lipinski definition) is 1. The Morgan fingerprint density at radius 2 is 2.25 bits per heavy atom. The van der Waals surface area contributed by atoms with Crippen molar-refractivity contribution in [3.8, 4) is 0 Å². The maximum atomic E-state index is 13.2. The molecule has 0 aromatic heterocycles. The summed E-state index contributed by atoms with van der Waals surface area (Å²) in [5.41, 5.74) is 6.18. The van der Waals surface area contributed by atoms with E-state index in [-0.39, 0.29) is 10.8 Å². The van der Waals surface area contributed by atoms with Crippen LogP contribution in [0, 0.1) is 5.82 Å². The molecule has 0 aliphatic rings. The van der Waals surface area contributed by atoms with Crippen LogP contribution in [-0.4, -0.2) is 23.5 Å². The first-order chi connectivity index (χ1) is 7.50. The third-order valence-electron chi connectivity index (χ3n) is 2.21. The molecule has 0 unspecified atom stereocenters. The van der Waals surface area contributed by atoms with Gasteiger partial charge in [-0.3, -0.25) is 0 Å². The number of thiocarbonyl (C=S) groups is 1. The Labute approximate surface area is 105 Å². The highest BCUT2D eigenvalue weighted by atomic mass is 35.5. The first kappa shape index (κ1) is 13.4. The van der Waals surface area contributed by atoms with Crippen molar-refractivity contribution >= 4 is 28.8 Å². The summed E-state index contributed by atoms with van der Waals surface area (Å²) in [4.78, 5) is 2.48. The van der Waals surface area contributed by atoms with E-state index in [0.29, 0.717) is 18.0 Å². The van der Waals surface area contributed by atoms with Crippen LogP contribution in [0.3, 0.4) is 0 Å². The van der Waals surface area contributed by atoms with E-state index >= 15 is 0 Å². The number of nitrogens with two attached hydrogens (primary N) is 1. The predicted molar refractivity (Wildman–Crippen MR) is 69.1 cm³/mol. The fourth-order valence-electron chi connectivity index (χ4n) is 1.34. The minimum Gasteiger partial charge on any atom is -0.393 e. The van der Waals surface area contributed by atoms with Gasteiger partial charge in [0.05, 0.1) is 10.0 Å². The third-order valence-corrected chi connectivity index (χ3v) is 2.84. The van der Waals surface area contributed by atoms with E-state index in [2.05, 4.69) is 0 Å². The summed E-state index contributed by atoms with van der Waals surface area (Å²) in [6, 6.07) is 4.81. The highest BCUT2D eigenvalue weighted by Crippen LogP contribution is 2.20. The SMILES string of the molecule is CN(CCC(N)=S)Cc1cccc(F)c1Cl. The van der Waals surface area contributed by atoms with Crippen molar-refractivity contribution in [1.82, 2.24) is 4.90 Å². The van der Waals surface area contributed by atoms with Gasteiger partial charge >= 0.3 is 0 Å². The highest BCUT2D eigenvalue weighted by molar-refractivity contribution is 7.80. The summed E-state index contributed by atoms with van der Waals surface area (Å²) < 4.78 is 13.2. The van der Waals surface area contributed by atoms with Gasteiger partial charge in [0.25, 0.3) is 0 Å². The van der Waals surface area contributed by atoms with E-state index in [1.54, 1.807) is 6.07 Å². The van der Waals surface area contributed by atoms with E-state index in [0.717, 1.165) is 12.1 Å². The minimum atomic E-state index is -0.387. The van der Waals surface area contributed by atoms with E-state index in [4.69, 9.17) is 29.6 Å². The van der Waals surface area contributed by atoms with Crippen LogP contribution in [0.2, 0.25) is 5.02 Å². The molecule has 0 fully saturated rings. The monoisotopic (exact) mass is 260 g/mol. The minimum absolute atomic E-state index is 0.185. The molecule has 0 heterocycles. The normalized spacial score (nSPS) is 10.8. The molecule has 2 nitrogen and oxygen atoms in total. The number of rotatable bonds is 5. The fraction of sp³-hybridized carbons (Fsp3) is 0.364. The molecule has 0 saturated carbocycles. The van der Waals surface area contributed by atoms with Crippen LogP contribution in [0.25, 0.3) is 0 Å². The zero-order valence-corrected chi connectivity index (χ0v) is 10.6. The number of hydrogen-bond acceptors (Lipinski definition) is 2. The smallest absolute Gasteiger partial charge is 0.142 e. The van der Waals surface area contributed by atoms with Gasteiger partial charge < -0.3 is 10.6 Å². The molecule has 0 atom stereocenters. The molecule has 88 valence electrons. The van der Waals surface area contributed by atoms with E-state index < -0.39 is 0 Å². The van der Waals surface area contributed by atoms with Crippen molar-refractivity contribution in [2.75, 3.05) is 13.6 Å². The lowest BCUT2D eigenvalue weighted by atomic mass is 10.2. The third kappa shape index (κ3) is 4.04. The zero-order chi connectivity index (χ0) is 12.1. The molecule has 5 heteroatoms. The second kappa shape index (κ2) is 6.13. The van der Waals surface area contributed by atoms with Crippen LogP contribution in [0.15, 0.2) is 18.2 Å². The van der Waals surface area contributed by atoms with Crippen LogP contribution < -0.4 is 5.73 Å². The van der Waals surface area contributed by atoms with Crippen molar-refractivity contribution in [1.29, 1.82) is 0 Å². The van der Waals surface area contributed by atoms with Gasteiger partial charge in [-0.25, -0.2) is 4.39 Å². The lowest BCUT2D eigenvalue weighted by Crippen LogP contribution is -2.23. The molecule has 0 saturated heterocycles. The van der Waals surface area contributed by atoms with E-state index in [9.17, 15) is 4.39 Å². The average molecular weight is 261 g/mol. The molecule has 0 spiro atoms. The largest absolute Gasteiger partial charge is 0.393 e. The molecular weight excluding hydrogens is 247 g/mol. The van der Waals surface area contributed by atoms with Gasteiger partial charge in [-0.05, 0) is 18.7 Å². The Hall–Kier alpha value is -0.710. The van der Waals surface area contributed by atoms with Crippen molar-refractivity contribution in [2.24, 2.45) is 5.73 Å². The topological polar surface area (TPSA) is 29.3 Å². The lowest BCUT2D eigenvalue weighted by Gasteiger charge is -2.17. The zero-order valence-electron chi connectivity index (χ0n) is 9.04. The Morgan fingerprint density at radius 3 is 2.88 bits per heavy atom. The summed E-state index contributed by atoms with van der Waals surface area (Å²) in [7, 11) is 1.92. The molecule has 1 aromatic carbocycles. The van der Waals surface area contributed by atoms with Crippen molar-refractivity contribution in [2.45, 2.75) is 13.0 Å². The average Bonchev–Trinajstić information content (AvgIpc) is 2.22. The van der Waals surface area contributed by atoms with Crippen LogP contribution in [0.5, 0.6) is 0 Å². The number of benzene rings is 1. The Bertz CT molecular complexity index is 384. The molecule has 0 aliphatic heterocycles. The van der Waals surface area contributed by atoms with Crippen molar-refractivity contribution in [3.63, 3.8) is 0 Å².